The molecule has 3 atom stereocenters. The minimum absolute atomic E-state index is 0. The number of ether oxygens (including phenoxy) is 1. The molecule has 0 radical (unpaired) electrons. The second-order valence-electron chi connectivity index (χ2n) is 6.37. The third-order valence-electron chi connectivity index (χ3n) is 5.16. The molecule has 174 valence electrons. The summed E-state index contributed by atoms with van der Waals surface area (Å²) in [6, 6.07) is 29.5. The van der Waals surface area contributed by atoms with Gasteiger partial charge in [0.05, 0.1) is 0 Å². The third-order valence-corrected chi connectivity index (χ3v) is 8.23. The number of hydrogen-bond acceptors (Lipinski definition) is 1. The van der Waals surface area contributed by atoms with Crippen LogP contribution in [-0.2, 0) is 60.0 Å². The van der Waals surface area contributed by atoms with Crippen LogP contribution in [0.15, 0.2) is 84.9 Å². The maximum absolute atomic E-state index is 7.50. The summed E-state index contributed by atoms with van der Waals surface area (Å²) in [4.78, 5) is 0. The molecule has 3 aromatic rings. The predicted octanol–water partition coefficient (Wildman–Crippen LogP) is 5.62. The molecular weight excluding hydrogens is 659 g/mol. The molecule has 0 spiro atoms. The van der Waals surface area contributed by atoms with E-state index in [4.69, 9.17) is 39.2 Å². The Hall–Kier alpha value is -2.27. The van der Waals surface area contributed by atoms with Gasteiger partial charge < -0.3 is 4.74 Å². The van der Waals surface area contributed by atoms with Gasteiger partial charge in [-0.1, -0.05) is 96.2 Å². The zero-order valence-electron chi connectivity index (χ0n) is 18.0. The maximum atomic E-state index is 7.50. The summed E-state index contributed by atoms with van der Waals surface area (Å²) in [5.41, 5.74) is 4.42. The van der Waals surface area contributed by atoms with Gasteiger partial charge in [0.25, 0.3) is 0 Å². The molecule has 35 heavy (non-hydrogen) atoms. The molecule has 1 fully saturated rings. The van der Waals surface area contributed by atoms with E-state index in [1.165, 1.54) is 16.7 Å². The van der Waals surface area contributed by atoms with Crippen molar-refractivity contribution in [3.05, 3.63) is 140 Å². The van der Waals surface area contributed by atoms with Gasteiger partial charge in [0.1, 0.15) is 5.60 Å². The normalized spacial score (nSPS) is 21.1. The number of fused-ring (bicyclic) bond motifs is 5. The van der Waals surface area contributed by atoms with E-state index in [2.05, 4.69) is 106 Å². The van der Waals surface area contributed by atoms with Crippen LogP contribution in [0.4, 0.5) is 0 Å². The molecule has 5 rings (SSSR count). The fourth-order valence-corrected chi connectivity index (χ4v) is 7.48. The van der Waals surface area contributed by atoms with Gasteiger partial charge in [0, 0.05) is 40.1 Å². The van der Waals surface area contributed by atoms with E-state index in [1.54, 1.807) is 0 Å². The minimum Gasteiger partial charge on any atom is 0 e. The largest absolute Gasteiger partial charge is 0 e. The fourth-order valence-electron chi connectivity index (χ4n) is 4.13. The van der Waals surface area contributed by atoms with Crippen molar-refractivity contribution in [3.8, 4) is 0 Å². The van der Waals surface area contributed by atoms with Gasteiger partial charge in [-0.05, 0) is 16.7 Å². The quantitative estimate of drug-likeness (QED) is 0.196. The topological polar surface area (TPSA) is 109 Å². The van der Waals surface area contributed by atoms with Crippen LogP contribution in [0.25, 0.3) is 0 Å². The van der Waals surface area contributed by atoms with Crippen molar-refractivity contribution in [2.75, 3.05) is 6.16 Å². The standard InChI is InChI=1S/C21H16ClOP.5CO.W/c22-24-15-20(16-9-3-1-4-10-16)18-13-7-8-14-19(18)21(24,23-20)17-11-5-2-6-12-17;5*1-2;/h1-14H,15H2;;;;;;/t20-,21-,24-;;;;;;/m1....../s1. The number of halogens is 1. The van der Waals surface area contributed by atoms with Gasteiger partial charge >= 0.3 is 56.5 Å². The van der Waals surface area contributed by atoms with E-state index < -0.39 is 18.2 Å². The van der Waals surface area contributed by atoms with Crippen LogP contribution >= 0.6 is 18.5 Å². The Morgan fingerprint density at radius 2 is 0.971 bits per heavy atom. The Labute approximate surface area is 224 Å². The first-order valence-electron chi connectivity index (χ1n) is 9.14. The number of hydrogen-bond donors (Lipinski definition) is 0. The zero-order chi connectivity index (χ0) is 26.2. The average molecular weight is 675 g/mol. The Morgan fingerprint density at radius 3 is 1.43 bits per heavy atom. The van der Waals surface area contributed by atoms with E-state index in [0.717, 1.165) is 11.7 Å². The van der Waals surface area contributed by atoms with E-state index in [0.29, 0.717) is 0 Å². The van der Waals surface area contributed by atoms with Crippen molar-refractivity contribution in [1.82, 2.24) is 0 Å². The molecule has 2 bridgehead atoms. The van der Waals surface area contributed by atoms with Gasteiger partial charge in [0.2, 0.25) is 0 Å². The van der Waals surface area contributed by atoms with Gasteiger partial charge in [-0.25, -0.2) is 0 Å². The van der Waals surface area contributed by atoms with E-state index in [1.807, 2.05) is 12.1 Å². The van der Waals surface area contributed by atoms with Crippen molar-refractivity contribution >= 4 is 18.5 Å². The van der Waals surface area contributed by atoms with Gasteiger partial charge in [-0.2, -0.15) is 0 Å². The number of rotatable bonds is 2. The predicted molar refractivity (Wildman–Crippen MR) is 119 cm³/mol. The summed E-state index contributed by atoms with van der Waals surface area (Å²) in [6.07, 6.45) is 0.847. The first-order chi connectivity index (χ1) is 16.8. The molecule has 6 nitrogen and oxygen atoms in total. The smallest absolute Gasteiger partial charge is 0 e. The molecule has 2 aliphatic rings. The molecule has 0 aromatic heterocycles. The first-order valence-corrected chi connectivity index (χ1v) is 11.6. The Bertz CT molecular complexity index is 1100. The summed E-state index contributed by atoms with van der Waals surface area (Å²) in [6.45, 7) is 22.5. The maximum Gasteiger partial charge on any atom is 0 e. The molecule has 0 saturated carbocycles. The monoisotopic (exact) mass is 674 g/mol. The van der Waals surface area contributed by atoms with Crippen LogP contribution in [-0.4, -0.2) is 6.16 Å². The van der Waals surface area contributed by atoms with Gasteiger partial charge in [0.15, 0.2) is 5.34 Å². The molecular formula is C26H16ClO6PW. The SMILES string of the molecule is Cl[P@]1C[C@]2(c3ccccc3)O[C@@]1(c1ccccc1)c1ccccc12.[C-]#[O+].[C-]#[O+].[C-]#[O+].[C-]#[O+].[C-]#[O+].[W]. The van der Waals surface area contributed by atoms with Crippen LogP contribution in [0.1, 0.15) is 22.3 Å². The third kappa shape index (κ3) is 6.49. The van der Waals surface area contributed by atoms with Crippen molar-refractivity contribution in [2.45, 2.75) is 10.9 Å². The summed E-state index contributed by atoms with van der Waals surface area (Å²) in [5, 5.41) is -0.509. The Balaban J connectivity index is 0. The Kier molecular flexibility index (Phi) is 18.0. The minimum atomic E-state index is -0.848. The van der Waals surface area contributed by atoms with Crippen LogP contribution in [0.5, 0.6) is 0 Å². The molecule has 1 saturated heterocycles. The summed E-state index contributed by atoms with van der Waals surface area (Å²) in [7, 11) is -0.848. The van der Waals surface area contributed by atoms with E-state index in [-0.39, 0.29) is 21.1 Å². The van der Waals surface area contributed by atoms with Crippen molar-refractivity contribution in [3.63, 3.8) is 0 Å². The van der Waals surface area contributed by atoms with E-state index >= 15 is 0 Å². The molecule has 0 aliphatic carbocycles. The molecule has 2 heterocycles. The second-order valence-corrected chi connectivity index (χ2v) is 9.27. The summed E-state index contributed by atoms with van der Waals surface area (Å²) < 4.78 is 44.4. The zero-order valence-corrected chi connectivity index (χ0v) is 22.6. The van der Waals surface area contributed by atoms with Crippen LogP contribution in [0.2, 0.25) is 0 Å². The van der Waals surface area contributed by atoms with Crippen LogP contribution in [0, 0.1) is 33.3 Å². The van der Waals surface area contributed by atoms with Crippen molar-refractivity contribution in [2.24, 2.45) is 0 Å². The first kappa shape index (κ1) is 34.9. The fraction of sp³-hybridized carbons (Fsp3) is 0.115. The van der Waals surface area contributed by atoms with Crippen molar-refractivity contribution < 1.29 is 49.1 Å². The molecule has 0 N–H and O–H groups in total. The van der Waals surface area contributed by atoms with E-state index in [9.17, 15) is 0 Å². The molecule has 2 aliphatic heterocycles. The summed E-state index contributed by atoms with van der Waals surface area (Å²) >= 11 is 7.01. The molecule has 0 unspecified atom stereocenters. The van der Waals surface area contributed by atoms with Crippen LogP contribution < -0.4 is 0 Å². The molecule has 3 aromatic carbocycles. The average Bonchev–Trinajstić information content (AvgIpc) is 3.46. The Morgan fingerprint density at radius 1 is 0.600 bits per heavy atom. The second kappa shape index (κ2) is 18.1. The number of benzene rings is 3. The van der Waals surface area contributed by atoms with Gasteiger partial charge in [-0.15, -0.1) is 0 Å². The molecule has 9 heteroatoms. The van der Waals surface area contributed by atoms with Crippen LogP contribution in [0.3, 0.4) is 0 Å². The van der Waals surface area contributed by atoms with Crippen molar-refractivity contribution in [1.29, 1.82) is 0 Å². The van der Waals surface area contributed by atoms with Gasteiger partial charge in [-0.3, -0.25) is 0 Å². The molecule has 0 amide bonds. The summed E-state index contributed by atoms with van der Waals surface area (Å²) in [5.74, 6) is 0.